The average molecular weight is 399 g/mol. The minimum atomic E-state index is -1.38. The van der Waals surface area contributed by atoms with E-state index < -0.39 is 3.93 Å². The van der Waals surface area contributed by atoms with Crippen molar-refractivity contribution in [2.24, 2.45) is 0 Å². The normalized spacial score (nSPS) is 11.3. The lowest BCUT2D eigenvalue weighted by Crippen LogP contribution is -2.06. The predicted octanol–water partition coefficient (Wildman–Crippen LogP) is 2.60. The van der Waals surface area contributed by atoms with Gasteiger partial charge < -0.3 is 4.74 Å². The van der Waals surface area contributed by atoms with Crippen molar-refractivity contribution in [3.05, 3.63) is 12.3 Å². The van der Waals surface area contributed by atoms with E-state index in [1.165, 1.54) is 0 Å². The Morgan fingerprint density at radius 2 is 1.92 bits per heavy atom. The SMILES string of the molecule is CC=COCCC[Si](Br)(Br)Br.[SiH4]. The maximum Gasteiger partial charge on any atom is 0.267 e. The zero-order chi connectivity index (χ0) is 8.74. The molecule has 0 bridgehead atoms. The number of hydrogen-bond donors (Lipinski definition) is 0. The van der Waals surface area contributed by atoms with Crippen molar-refractivity contribution in [3.63, 3.8) is 0 Å². The van der Waals surface area contributed by atoms with E-state index in [9.17, 15) is 0 Å². The lowest BCUT2D eigenvalue weighted by atomic mass is 10.5. The lowest BCUT2D eigenvalue weighted by molar-refractivity contribution is 0.249. The number of halogens is 3. The van der Waals surface area contributed by atoms with Gasteiger partial charge in [-0.15, -0.1) is 0 Å². The van der Waals surface area contributed by atoms with E-state index >= 15 is 0 Å². The summed E-state index contributed by atoms with van der Waals surface area (Å²) in [7, 11) is 0. The number of ether oxygens (including phenoxy) is 1. The van der Waals surface area contributed by atoms with Gasteiger partial charge in [0.15, 0.2) is 0 Å². The molecule has 0 spiro atoms. The minimum absolute atomic E-state index is 0. The van der Waals surface area contributed by atoms with Gasteiger partial charge in [0.1, 0.15) is 0 Å². The van der Waals surface area contributed by atoms with Crippen LogP contribution in [-0.2, 0) is 4.74 Å². The van der Waals surface area contributed by atoms with Gasteiger partial charge in [0.2, 0.25) is 0 Å². The van der Waals surface area contributed by atoms with Crippen LogP contribution < -0.4 is 0 Å². The van der Waals surface area contributed by atoms with Crippen molar-refractivity contribution in [2.45, 2.75) is 19.4 Å². The van der Waals surface area contributed by atoms with Crippen molar-refractivity contribution in [2.75, 3.05) is 6.61 Å². The van der Waals surface area contributed by atoms with Crippen LogP contribution in [0.4, 0.5) is 0 Å². The van der Waals surface area contributed by atoms with Gasteiger partial charge in [-0.05, 0) is 30.4 Å². The van der Waals surface area contributed by atoms with E-state index in [0.717, 1.165) is 19.1 Å². The first-order valence-corrected chi connectivity index (χ1v) is 12.3. The summed E-state index contributed by atoms with van der Waals surface area (Å²) in [5, 5.41) is 0. The van der Waals surface area contributed by atoms with Crippen LogP contribution in [0.3, 0.4) is 0 Å². The highest BCUT2D eigenvalue weighted by Crippen LogP contribution is 2.32. The fourth-order valence-electron chi connectivity index (χ4n) is 0.520. The summed E-state index contributed by atoms with van der Waals surface area (Å²) in [6, 6.07) is 1.12. The number of allylic oxidation sites excluding steroid dienone is 1. The third-order valence-corrected chi connectivity index (χ3v) is 5.44. The molecule has 6 heteroatoms. The van der Waals surface area contributed by atoms with Crippen LogP contribution in [-0.4, -0.2) is 21.5 Å². The van der Waals surface area contributed by atoms with Crippen molar-refractivity contribution >= 4 is 60.8 Å². The Balaban J connectivity index is 0. The molecular weight excluding hydrogens is 384 g/mol. The summed E-state index contributed by atoms with van der Waals surface area (Å²) < 4.78 is 3.77. The second-order valence-corrected chi connectivity index (χ2v) is 25.6. The summed E-state index contributed by atoms with van der Waals surface area (Å²) in [5.74, 6) is 0. The van der Waals surface area contributed by atoms with E-state index in [1.54, 1.807) is 6.26 Å². The molecule has 1 nitrogen and oxygen atoms in total. The molecule has 0 rings (SSSR count). The fourth-order valence-corrected chi connectivity index (χ4v) is 3.59. The maximum absolute atomic E-state index is 5.16. The second-order valence-electron chi connectivity index (χ2n) is 2.06. The molecule has 0 fully saturated rings. The van der Waals surface area contributed by atoms with Crippen LogP contribution in [0.25, 0.3) is 0 Å². The van der Waals surface area contributed by atoms with Crippen LogP contribution in [0.1, 0.15) is 13.3 Å². The average Bonchev–Trinajstić information content (AvgIpc) is 1.85. The standard InChI is InChI=1S/C6H11Br3OSi.H4Si/c1-2-4-10-5-3-6-11(7,8)9;/h2,4H,3,5-6H2,1H3;1H4. The smallest absolute Gasteiger partial charge is 0.267 e. The summed E-state index contributed by atoms with van der Waals surface area (Å²) >= 11 is 10.6. The zero-order valence-electron chi connectivity index (χ0n) is 6.32. The molecule has 0 heterocycles. The highest BCUT2D eigenvalue weighted by atomic mass is 80.0. The fraction of sp³-hybridized carbons (Fsp3) is 0.667. The second kappa shape index (κ2) is 8.99. The molecule has 0 aromatic rings. The molecule has 0 unspecified atom stereocenters. The first-order valence-electron chi connectivity index (χ1n) is 3.36. The minimum Gasteiger partial charge on any atom is -0.502 e. The van der Waals surface area contributed by atoms with Crippen molar-refractivity contribution in [1.29, 1.82) is 0 Å². The van der Waals surface area contributed by atoms with E-state index in [-0.39, 0.29) is 11.0 Å². The topological polar surface area (TPSA) is 9.23 Å². The molecule has 0 amide bonds. The van der Waals surface area contributed by atoms with Gasteiger partial charge in [0.05, 0.1) is 12.9 Å². The van der Waals surface area contributed by atoms with Gasteiger partial charge >= 0.3 is 0 Å². The van der Waals surface area contributed by atoms with Gasteiger partial charge in [0.25, 0.3) is 3.93 Å². The Morgan fingerprint density at radius 1 is 1.33 bits per heavy atom. The summed E-state index contributed by atoms with van der Waals surface area (Å²) in [6.07, 6.45) is 4.68. The van der Waals surface area contributed by atoms with E-state index in [0.29, 0.717) is 0 Å². The van der Waals surface area contributed by atoms with Gasteiger partial charge in [-0.3, -0.25) is 0 Å². The van der Waals surface area contributed by atoms with Crippen LogP contribution >= 0.6 is 45.9 Å². The van der Waals surface area contributed by atoms with Crippen LogP contribution in [0.5, 0.6) is 0 Å². The van der Waals surface area contributed by atoms with Crippen LogP contribution in [0.2, 0.25) is 6.04 Å². The monoisotopic (exact) mass is 396 g/mol. The molecule has 0 aliphatic heterocycles. The summed E-state index contributed by atoms with van der Waals surface area (Å²) in [6.45, 7) is 2.74. The van der Waals surface area contributed by atoms with Gasteiger partial charge in [0, 0.05) is 0 Å². The number of rotatable bonds is 5. The molecule has 0 radical (unpaired) electrons. The predicted molar refractivity (Wildman–Crippen MR) is 74.1 cm³/mol. The molecule has 0 aromatic heterocycles. The number of hydrogen-bond acceptors (Lipinski definition) is 1. The molecule has 0 aliphatic rings. The van der Waals surface area contributed by atoms with E-state index in [4.69, 9.17) is 4.74 Å². The Labute approximate surface area is 103 Å². The van der Waals surface area contributed by atoms with E-state index in [1.807, 2.05) is 13.0 Å². The lowest BCUT2D eigenvalue weighted by Gasteiger charge is -2.07. The zero-order valence-corrected chi connectivity index (χ0v) is 12.1. The summed E-state index contributed by atoms with van der Waals surface area (Å²) in [5.41, 5.74) is 0. The molecule has 0 aliphatic carbocycles. The maximum atomic E-state index is 5.16. The highest BCUT2D eigenvalue weighted by Gasteiger charge is 2.20. The highest BCUT2D eigenvalue weighted by molar-refractivity contribution is 9.72. The molecule has 74 valence electrons. The molecule has 0 atom stereocenters. The van der Waals surface area contributed by atoms with Gasteiger partial charge in [-0.2, -0.15) is 0 Å². The van der Waals surface area contributed by atoms with Gasteiger partial charge in [-0.25, -0.2) is 0 Å². The largest absolute Gasteiger partial charge is 0.502 e. The molecule has 0 aromatic carbocycles. The molecular formula is C6H15Br3OSi2. The van der Waals surface area contributed by atoms with E-state index in [2.05, 4.69) is 45.9 Å². The molecule has 0 saturated heterocycles. The molecule has 12 heavy (non-hydrogen) atoms. The van der Waals surface area contributed by atoms with Crippen LogP contribution in [0.15, 0.2) is 12.3 Å². The Kier molecular flexibility index (Phi) is 11.9. The molecule has 0 saturated carbocycles. The third-order valence-electron chi connectivity index (χ3n) is 0.955. The van der Waals surface area contributed by atoms with Crippen molar-refractivity contribution < 1.29 is 4.74 Å². The van der Waals surface area contributed by atoms with Crippen molar-refractivity contribution in [1.82, 2.24) is 0 Å². The first kappa shape index (κ1) is 15.9. The van der Waals surface area contributed by atoms with Gasteiger partial charge in [-0.1, -0.05) is 52.0 Å². The van der Waals surface area contributed by atoms with Crippen LogP contribution in [0, 0.1) is 0 Å². The quantitative estimate of drug-likeness (QED) is 0.299. The third kappa shape index (κ3) is 14.0. The Hall–Kier alpha value is 1.41. The summed E-state index contributed by atoms with van der Waals surface area (Å²) in [4.78, 5) is 0. The molecule has 0 N–H and O–H groups in total. The Morgan fingerprint density at radius 3 is 2.33 bits per heavy atom. The van der Waals surface area contributed by atoms with Crippen molar-refractivity contribution in [3.8, 4) is 0 Å². The first-order chi connectivity index (χ1) is 5.06. The Bertz CT molecular complexity index is 124.